The molecule has 3 aromatic rings. The molecule has 9 heteroatoms. The van der Waals surface area contributed by atoms with Gasteiger partial charge in [-0.15, -0.1) is 12.4 Å². The van der Waals surface area contributed by atoms with E-state index in [0.717, 1.165) is 12.8 Å². The first-order valence-electron chi connectivity index (χ1n) is 10.2. The number of nitrogens with two attached hydrogens (primary N) is 1. The van der Waals surface area contributed by atoms with E-state index in [1.165, 1.54) is 37.4 Å². The van der Waals surface area contributed by atoms with E-state index in [2.05, 4.69) is 4.98 Å². The number of benzene rings is 2. The summed E-state index contributed by atoms with van der Waals surface area (Å²) in [6.45, 7) is 1.35. The predicted octanol–water partition coefficient (Wildman–Crippen LogP) is 4.22. The summed E-state index contributed by atoms with van der Waals surface area (Å²) >= 11 is 0. The van der Waals surface area contributed by atoms with Crippen LogP contribution < -0.4 is 20.8 Å². The van der Waals surface area contributed by atoms with Gasteiger partial charge in [-0.05, 0) is 42.7 Å². The van der Waals surface area contributed by atoms with E-state index in [-0.39, 0.29) is 40.8 Å². The molecule has 0 atom stereocenters. The summed E-state index contributed by atoms with van der Waals surface area (Å²) in [4.78, 5) is 18.5. The van der Waals surface area contributed by atoms with Crippen LogP contribution in [-0.4, -0.2) is 31.2 Å². The van der Waals surface area contributed by atoms with Crippen LogP contribution in [0.1, 0.15) is 18.4 Å². The van der Waals surface area contributed by atoms with Crippen molar-refractivity contribution in [2.75, 3.05) is 25.1 Å². The van der Waals surface area contributed by atoms with Crippen molar-refractivity contribution in [1.82, 2.24) is 4.98 Å². The van der Waals surface area contributed by atoms with Gasteiger partial charge in [0.2, 0.25) is 0 Å². The number of rotatable bonds is 4. The second kappa shape index (κ2) is 10.0. The van der Waals surface area contributed by atoms with Crippen molar-refractivity contribution in [3.05, 3.63) is 69.9 Å². The molecule has 0 radical (unpaired) electrons. The molecule has 1 aromatic heterocycles. The molecule has 33 heavy (non-hydrogen) atoms. The van der Waals surface area contributed by atoms with Crippen LogP contribution in [0.3, 0.4) is 0 Å². The molecule has 1 aliphatic rings. The average molecular weight is 473 g/mol. The zero-order chi connectivity index (χ0) is 22.8. The minimum atomic E-state index is -0.702. The van der Waals surface area contributed by atoms with Crippen LogP contribution in [0.15, 0.2) is 47.3 Å². The summed E-state index contributed by atoms with van der Waals surface area (Å²) in [5.74, 6) is -0.681. The third-order valence-electron chi connectivity index (χ3n) is 5.72. The van der Waals surface area contributed by atoms with Gasteiger partial charge in [-0.3, -0.25) is 4.79 Å². The first-order chi connectivity index (χ1) is 15.4. The number of anilines is 1. The Balaban J connectivity index is 0.00000306. The molecule has 4 rings (SSSR count). The molecule has 1 saturated heterocycles. The van der Waals surface area contributed by atoms with Crippen LogP contribution >= 0.6 is 12.4 Å². The van der Waals surface area contributed by atoms with Gasteiger partial charge in [-0.25, -0.2) is 8.78 Å². The lowest BCUT2D eigenvalue weighted by Crippen LogP contribution is -2.40. The number of hydrogen-bond donors (Lipinski definition) is 2. The molecular formula is C24H23ClF2N4O2. The highest BCUT2D eigenvalue weighted by Crippen LogP contribution is 2.33. The first kappa shape index (κ1) is 24.2. The van der Waals surface area contributed by atoms with Gasteiger partial charge in [0.25, 0.3) is 0 Å². The number of nitrogens with zero attached hydrogens (tertiary/aromatic N) is 2. The molecule has 0 aliphatic carbocycles. The molecule has 6 nitrogen and oxygen atoms in total. The number of piperidine rings is 1. The van der Waals surface area contributed by atoms with Gasteiger partial charge in [0.15, 0.2) is 17.0 Å². The third-order valence-corrected chi connectivity index (χ3v) is 5.72. The SMILES string of the molecule is COc1ccc(-c2c(-c3ccc(C#N)c(F)c3)[nH]c(N3CCC(N)CC3)cc2=O)cc1F.Cl. The number of H-pyrrole nitrogens is 1. The largest absolute Gasteiger partial charge is 0.494 e. The Kier molecular flexibility index (Phi) is 7.36. The normalized spacial score (nSPS) is 13.8. The fraction of sp³-hybridized carbons (Fsp3) is 0.250. The van der Waals surface area contributed by atoms with E-state index in [1.807, 2.05) is 4.90 Å². The van der Waals surface area contributed by atoms with Crippen LogP contribution in [0.2, 0.25) is 0 Å². The molecule has 2 heterocycles. The minimum absolute atomic E-state index is 0. The van der Waals surface area contributed by atoms with Crippen molar-refractivity contribution in [2.24, 2.45) is 5.73 Å². The number of ether oxygens (including phenoxy) is 1. The first-order valence-corrected chi connectivity index (χ1v) is 10.2. The van der Waals surface area contributed by atoms with Gasteiger partial charge < -0.3 is 20.4 Å². The molecule has 0 unspecified atom stereocenters. The van der Waals surface area contributed by atoms with Gasteiger partial charge in [-0.1, -0.05) is 12.1 Å². The lowest BCUT2D eigenvalue weighted by Gasteiger charge is -2.32. The van der Waals surface area contributed by atoms with E-state index < -0.39 is 11.6 Å². The molecule has 0 amide bonds. The van der Waals surface area contributed by atoms with E-state index >= 15 is 0 Å². The molecule has 0 spiro atoms. The summed E-state index contributed by atoms with van der Waals surface area (Å²) in [6, 6.07) is 11.7. The fourth-order valence-electron chi connectivity index (χ4n) is 3.94. The minimum Gasteiger partial charge on any atom is -0.494 e. The monoisotopic (exact) mass is 472 g/mol. The Labute approximate surface area is 196 Å². The zero-order valence-corrected chi connectivity index (χ0v) is 18.7. The molecule has 172 valence electrons. The maximum Gasteiger partial charge on any atom is 0.192 e. The Morgan fingerprint density at radius 3 is 2.36 bits per heavy atom. The van der Waals surface area contributed by atoms with Gasteiger partial charge in [0, 0.05) is 30.8 Å². The summed E-state index contributed by atoms with van der Waals surface area (Å²) in [5.41, 5.74) is 6.81. The zero-order valence-electron chi connectivity index (χ0n) is 17.9. The maximum atomic E-state index is 14.4. The number of aromatic amines is 1. The van der Waals surface area contributed by atoms with Crippen molar-refractivity contribution >= 4 is 18.2 Å². The Bertz CT molecular complexity index is 1260. The quantitative estimate of drug-likeness (QED) is 0.593. The Morgan fingerprint density at radius 1 is 1.09 bits per heavy atom. The Morgan fingerprint density at radius 2 is 1.76 bits per heavy atom. The van der Waals surface area contributed by atoms with E-state index in [0.29, 0.717) is 35.7 Å². The van der Waals surface area contributed by atoms with Crippen LogP contribution in [0.25, 0.3) is 22.4 Å². The summed E-state index contributed by atoms with van der Waals surface area (Å²) in [5, 5.41) is 9.05. The highest BCUT2D eigenvalue weighted by molar-refractivity contribution is 5.85. The summed E-state index contributed by atoms with van der Waals surface area (Å²) in [7, 11) is 1.36. The third kappa shape index (κ3) is 4.85. The van der Waals surface area contributed by atoms with E-state index in [1.54, 1.807) is 18.2 Å². The lowest BCUT2D eigenvalue weighted by atomic mass is 9.97. The van der Waals surface area contributed by atoms with Crippen molar-refractivity contribution in [1.29, 1.82) is 5.26 Å². The topological polar surface area (TPSA) is 95.1 Å². The molecule has 3 N–H and O–H groups in total. The number of nitriles is 1. The molecule has 0 saturated carbocycles. The number of hydrogen-bond acceptors (Lipinski definition) is 5. The fourth-order valence-corrected chi connectivity index (χ4v) is 3.94. The highest BCUT2D eigenvalue weighted by Gasteiger charge is 2.21. The van der Waals surface area contributed by atoms with Crippen LogP contribution in [0.5, 0.6) is 5.75 Å². The number of methoxy groups -OCH3 is 1. The van der Waals surface area contributed by atoms with Gasteiger partial charge in [0.05, 0.1) is 23.9 Å². The van der Waals surface area contributed by atoms with Gasteiger partial charge >= 0.3 is 0 Å². The second-order valence-electron chi connectivity index (χ2n) is 7.75. The molecule has 1 aliphatic heterocycles. The van der Waals surface area contributed by atoms with Crippen LogP contribution in [-0.2, 0) is 0 Å². The number of halogens is 3. The lowest BCUT2D eigenvalue weighted by molar-refractivity contribution is 0.386. The van der Waals surface area contributed by atoms with E-state index in [4.69, 9.17) is 15.7 Å². The molecule has 0 bridgehead atoms. The Hall–Kier alpha value is -3.41. The number of nitrogens with one attached hydrogen (secondary N) is 1. The summed E-state index contributed by atoms with van der Waals surface area (Å²) < 4.78 is 33.8. The molecule has 2 aromatic carbocycles. The van der Waals surface area contributed by atoms with E-state index in [9.17, 15) is 13.6 Å². The molecule has 1 fully saturated rings. The number of pyridine rings is 1. The van der Waals surface area contributed by atoms with Crippen molar-refractivity contribution in [3.63, 3.8) is 0 Å². The summed E-state index contributed by atoms with van der Waals surface area (Å²) in [6.07, 6.45) is 1.57. The van der Waals surface area contributed by atoms with Crippen molar-refractivity contribution in [2.45, 2.75) is 18.9 Å². The van der Waals surface area contributed by atoms with Crippen molar-refractivity contribution < 1.29 is 13.5 Å². The van der Waals surface area contributed by atoms with Crippen molar-refractivity contribution in [3.8, 4) is 34.2 Å². The van der Waals surface area contributed by atoms with Gasteiger partial charge in [0.1, 0.15) is 17.7 Å². The predicted molar refractivity (Wildman–Crippen MR) is 126 cm³/mol. The number of aromatic nitrogens is 1. The molecular weight excluding hydrogens is 450 g/mol. The van der Waals surface area contributed by atoms with Crippen LogP contribution in [0.4, 0.5) is 14.6 Å². The maximum absolute atomic E-state index is 14.4. The van der Waals surface area contributed by atoms with Crippen LogP contribution in [0, 0.1) is 23.0 Å². The standard InChI is InChI=1S/C24H22F2N4O2.ClH/c1-32-21-5-4-14(10-19(21)26)23-20(31)12-22(30-8-6-17(28)7-9-30)29-24(23)15-2-3-16(13-27)18(25)11-15;/h2-5,10-12,17H,6-9,28H2,1H3,(H,29,31);1H. The van der Waals surface area contributed by atoms with Gasteiger partial charge in [-0.2, -0.15) is 5.26 Å². The average Bonchev–Trinajstić information content (AvgIpc) is 2.79. The second-order valence-corrected chi connectivity index (χ2v) is 7.75. The smallest absolute Gasteiger partial charge is 0.192 e. The highest BCUT2D eigenvalue weighted by atomic mass is 35.5.